The summed E-state index contributed by atoms with van der Waals surface area (Å²) in [7, 11) is 1.77. The van der Waals surface area contributed by atoms with Crippen molar-refractivity contribution < 1.29 is 9.47 Å². The van der Waals surface area contributed by atoms with Gasteiger partial charge in [0.1, 0.15) is 5.75 Å². The summed E-state index contributed by atoms with van der Waals surface area (Å²) in [6.45, 7) is 3.55. The van der Waals surface area contributed by atoms with E-state index in [1.807, 2.05) is 0 Å². The highest BCUT2D eigenvalue weighted by Crippen LogP contribution is 2.37. The summed E-state index contributed by atoms with van der Waals surface area (Å²) in [6.07, 6.45) is 9.69. The lowest BCUT2D eigenvalue weighted by Crippen LogP contribution is -2.36. The van der Waals surface area contributed by atoms with Crippen LogP contribution in [0.2, 0.25) is 0 Å². The van der Waals surface area contributed by atoms with Gasteiger partial charge in [0, 0.05) is 42.8 Å². The molecule has 1 saturated carbocycles. The number of morpholine rings is 1. The number of methoxy groups -OCH3 is 1. The fourth-order valence-corrected chi connectivity index (χ4v) is 3.94. The van der Waals surface area contributed by atoms with E-state index >= 15 is 0 Å². The van der Waals surface area contributed by atoms with E-state index in [4.69, 9.17) is 9.47 Å². The zero-order valence-electron chi connectivity index (χ0n) is 14.4. The first-order chi connectivity index (χ1) is 11.8. The third-order valence-corrected chi connectivity index (χ3v) is 5.31. The van der Waals surface area contributed by atoms with Crippen molar-refractivity contribution in [1.29, 1.82) is 0 Å². The van der Waals surface area contributed by atoms with Crippen LogP contribution in [0.4, 0.5) is 5.69 Å². The number of hydrogen-bond acceptors (Lipinski definition) is 3. The molecule has 4 nitrogen and oxygen atoms in total. The molecule has 4 heteroatoms. The van der Waals surface area contributed by atoms with E-state index in [2.05, 4.69) is 46.1 Å². The predicted molar refractivity (Wildman–Crippen MR) is 97.0 cm³/mol. The summed E-state index contributed by atoms with van der Waals surface area (Å²) in [4.78, 5) is 2.40. The third-order valence-electron chi connectivity index (χ3n) is 5.31. The van der Waals surface area contributed by atoms with Crippen LogP contribution in [0, 0.1) is 0 Å². The molecule has 1 aromatic carbocycles. The van der Waals surface area contributed by atoms with Gasteiger partial charge in [0.05, 0.1) is 20.3 Å². The van der Waals surface area contributed by atoms with Crippen LogP contribution in [0.1, 0.15) is 31.7 Å². The SMILES string of the molecule is COc1cn(C2CCCC2)cc1-c1cccc(N2CCOCC2)c1. The van der Waals surface area contributed by atoms with Gasteiger partial charge in [0.25, 0.3) is 0 Å². The first-order valence-electron chi connectivity index (χ1n) is 9.04. The standard InChI is InChI=1S/C20H26N2O2/c1-23-20-15-22(17-6-2-3-7-17)14-19(20)16-5-4-8-18(13-16)21-9-11-24-12-10-21/h4-5,8,13-15,17H,2-3,6-7,9-12H2,1H3. The second-order valence-electron chi connectivity index (χ2n) is 6.78. The van der Waals surface area contributed by atoms with Gasteiger partial charge in [-0.15, -0.1) is 0 Å². The Morgan fingerprint density at radius 3 is 2.62 bits per heavy atom. The lowest BCUT2D eigenvalue weighted by atomic mass is 10.1. The molecule has 2 aromatic rings. The highest BCUT2D eigenvalue weighted by atomic mass is 16.5. The van der Waals surface area contributed by atoms with E-state index < -0.39 is 0 Å². The number of rotatable bonds is 4. The van der Waals surface area contributed by atoms with Crippen molar-refractivity contribution in [2.24, 2.45) is 0 Å². The first kappa shape index (κ1) is 15.6. The van der Waals surface area contributed by atoms with Crippen LogP contribution in [0.3, 0.4) is 0 Å². The van der Waals surface area contributed by atoms with E-state index in [9.17, 15) is 0 Å². The van der Waals surface area contributed by atoms with Crippen LogP contribution >= 0.6 is 0 Å². The van der Waals surface area contributed by atoms with Crippen molar-refractivity contribution in [2.75, 3.05) is 38.3 Å². The summed E-state index contributed by atoms with van der Waals surface area (Å²) in [5.41, 5.74) is 3.69. The van der Waals surface area contributed by atoms with Gasteiger partial charge in [0.15, 0.2) is 0 Å². The molecule has 1 saturated heterocycles. The molecule has 0 N–H and O–H groups in total. The molecule has 0 atom stereocenters. The average molecular weight is 326 g/mol. The molecule has 1 aliphatic carbocycles. The minimum Gasteiger partial charge on any atom is -0.495 e. The molecular formula is C20H26N2O2. The molecule has 0 unspecified atom stereocenters. The molecule has 0 amide bonds. The van der Waals surface area contributed by atoms with Gasteiger partial charge >= 0.3 is 0 Å². The summed E-state index contributed by atoms with van der Waals surface area (Å²) in [6, 6.07) is 9.43. The van der Waals surface area contributed by atoms with Gasteiger partial charge in [-0.3, -0.25) is 0 Å². The Balaban J connectivity index is 1.65. The molecule has 0 radical (unpaired) electrons. The summed E-state index contributed by atoms with van der Waals surface area (Å²) < 4.78 is 13.5. The van der Waals surface area contributed by atoms with Crippen LogP contribution in [0.5, 0.6) is 5.75 Å². The monoisotopic (exact) mass is 326 g/mol. The maximum atomic E-state index is 5.67. The largest absolute Gasteiger partial charge is 0.495 e. The quantitative estimate of drug-likeness (QED) is 0.846. The third kappa shape index (κ3) is 3.03. The zero-order chi connectivity index (χ0) is 16.4. The Morgan fingerprint density at radius 1 is 1.08 bits per heavy atom. The van der Waals surface area contributed by atoms with Crippen molar-refractivity contribution in [3.8, 4) is 16.9 Å². The van der Waals surface area contributed by atoms with E-state index in [-0.39, 0.29) is 0 Å². The number of benzene rings is 1. The minimum atomic E-state index is 0.634. The Bertz CT molecular complexity index is 683. The maximum Gasteiger partial charge on any atom is 0.144 e. The average Bonchev–Trinajstić information content (AvgIpc) is 3.32. The van der Waals surface area contributed by atoms with Crippen LogP contribution < -0.4 is 9.64 Å². The van der Waals surface area contributed by atoms with Crippen LogP contribution in [-0.4, -0.2) is 38.0 Å². The van der Waals surface area contributed by atoms with Crippen LogP contribution in [0.15, 0.2) is 36.7 Å². The second kappa shape index (κ2) is 6.89. The number of aromatic nitrogens is 1. The highest BCUT2D eigenvalue weighted by Gasteiger charge is 2.20. The zero-order valence-corrected chi connectivity index (χ0v) is 14.4. The molecule has 2 aliphatic rings. The molecule has 2 heterocycles. The van der Waals surface area contributed by atoms with E-state index in [1.165, 1.54) is 42.5 Å². The summed E-state index contributed by atoms with van der Waals surface area (Å²) >= 11 is 0. The molecule has 1 aliphatic heterocycles. The Labute approximate surface area is 144 Å². The van der Waals surface area contributed by atoms with Gasteiger partial charge in [-0.05, 0) is 30.5 Å². The van der Waals surface area contributed by atoms with Gasteiger partial charge in [-0.1, -0.05) is 25.0 Å². The second-order valence-corrected chi connectivity index (χ2v) is 6.78. The lowest BCUT2D eigenvalue weighted by molar-refractivity contribution is 0.122. The fraction of sp³-hybridized carbons (Fsp3) is 0.500. The number of nitrogens with zero attached hydrogens (tertiary/aromatic N) is 2. The number of ether oxygens (including phenoxy) is 2. The highest BCUT2D eigenvalue weighted by molar-refractivity contribution is 5.73. The number of hydrogen-bond donors (Lipinski definition) is 0. The van der Waals surface area contributed by atoms with Crippen molar-refractivity contribution in [3.63, 3.8) is 0 Å². The summed E-state index contributed by atoms with van der Waals surface area (Å²) in [5.74, 6) is 0.973. The van der Waals surface area contributed by atoms with E-state index in [1.54, 1.807) is 7.11 Å². The van der Waals surface area contributed by atoms with Gasteiger partial charge in [-0.25, -0.2) is 0 Å². The smallest absolute Gasteiger partial charge is 0.144 e. The molecule has 24 heavy (non-hydrogen) atoms. The van der Waals surface area contributed by atoms with E-state index in [0.717, 1.165) is 32.1 Å². The molecule has 2 fully saturated rings. The fourth-order valence-electron chi connectivity index (χ4n) is 3.94. The van der Waals surface area contributed by atoms with Crippen LogP contribution in [0.25, 0.3) is 11.1 Å². The normalized spacial score (nSPS) is 19.0. The van der Waals surface area contributed by atoms with Gasteiger partial charge in [-0.2, -0.15) is 0 Å². The van der Waals surface area contributed by atoms with Crippen molar-refractivity contribution >= 4 is 5.69 Å². The Hall–Kier alpha value is -1.94. The maximum absolute atomic E-state index is 5.67. The molecule has 1 aromatic heterocycles. The first-order valence-corrected chi connectivity index (χ1v) is 9.04. The molecular weight excluding hydrogens is 300 g/mol. The van der Waals surface area contributed by atoms with E-state index in [0.29, 0.717) is 6.04 Å². The minimum absolute atomic E-state index is 0.634. The number of anilines is 1. The topological polar surface area (TPSA) is 26.6 Å². The Morgan fingerprint density at radius 2 is 1.88 bits per heavy atom. The molecule has 0 bridgehead atoms. The van der Waals surface area contributed by atoms with Gasteiger partial charge in [0.2, 0.25) is 0 Å². The predicted octanol–water partition coefficient (Wildman–Crippen LogP) is 4.12. The van der Waals surface area contributed by atoms with Crippen molar-refractivity contribution in [2.45, 2.75) is 31.7 Å². The molecule has 4 rings (SSSR count). The lowest BCUT2D eigenvalue weighted by Gasteiger charge is -2.29. The Kier molecular flexibility index (Phi) is 4.48. The van der Waals surface area contributed by atoms with Crippen molar-refractivity contribution in [3.05, 3.63) is 36.7 Å². The van der Waals surface area contributed by atoms with Gasteiger partial charge < -0.3 is 18.9 Å². The van der Waals surface area contributed by atoms with Crippen LogP contribution in [-0.2, 0) is 4.74 Å². The summed E-state index contributed by atoms with van der Waals surface area (Å²) in [5, 5.41) is 0. The van der Waals surface area contributed by atoms with Crippen molar-refractivity contribution in [1.82, 2.24) is 4.57 Å². The molecule has 0 spiro atoms. The molecule has 128 valence electrons.